The van der Waals surface area contributed by atoms with Crippen molar-refractivity contribution in [2.24, 2.45) is 0 Å². The van der Waals surface area contributed by atoms with E-state index in [4.69, 9.17) is 5.02 Å². The Balaban J connectivity index is 2.87. The quantitative estimate of drug-likeness (QED) is 0.517. The summed E-state index contributed by atoms with van der Waals surface area (Å²) < 4.78 is 0. The van der Waals surface area contributed by atoms with Crippen LogP contribution in [0.25, 0.3) is 0 Å². The molecule has 2 N–H and O–H groups in total. The second-order valence-electron chi connectivity index (χ2n) is 1.96. The largest absolute Gasteiger partial charge is 0.449 e. The molecule has 0 fully saturated rings. The summed E-state index contributed by atoms with van der Waals surface area (Å²) in [4.78, 5) is 3.98. The first kappa shape index (κ1) is 7.09. The van der Waals surface area contributed by atoms with Crippen LogP contribution in [0, 0.1) is 0 Å². The SMILES string of the molecule is CNc1cc(BO)ccn1. The summed E-state index contributed by atoms with van der Waals surface area (Å²) in [7, 11) is 1.86. The number of hydrogen-bond acceptors (Lipinski definition) is 3. The number of nitrogens with zero attached hydrogens (tertiary/aromatic N) is 1. The third-order valence-electron chi connectivity index (χ3n) is 1.26. The molecule has 1 rings (SSSR count). The van der Waals surface area contributed by atoms with Gasteiger partial charge in [0.05, 0.1) is 0 Å². The molecule has 0 spiro atoms. The highest BCUT2D eigenvalue weighted by molar-refractivity contribution is 6.45. The number of hydrogen-bond donors (Lipinski definition) is 2. The molecular weight excluding hydrogens is 127 g/mol. The third-order valence-corrected chi connectivity index (χ3v) is 1.26. The first-order valence-electron chi connectivity index (χ1n) is 3.10. The van der Waals surface area contributed by atoms with E-state index >= 15 is 0 Å². The lowest BCUT2D eigenvalue weighted by molar-refractivity contribution is 0.615. The van der Waals surface area contributed by atoms with Crippen LogP contribution in [0.15, 0.2) is 18.3 Å². The van der Waals surface area contributed by atoms with Gasteiger partial charge in [-0.15, -0.1) is 0 Å². The zero-order chi connectivity index (χ0) is 7.40. The first-order chi connectivity index (χ1) is 4.86. The van der Waals surface area contributed by atoms with Crippen LogP contribution in [-0.2, 0) is 0 Å². The molecule has 0 atom stereocenters. The first-order valence-corrected chi connectivity index (χ1v) is 3.10. The van der Waals surface area contributed by atoms with Crippen molar-refractivity contribution in [3.63, 3.8) is 0 Å². The Labute approximate surface area is 60.4 Å². The number of anilines is 1. The molecule has 0 amide bonds. The fourth-order valence-corrected chi connectivity index (χ4v) is 0.709. The van der Waals surface area contributed by atoms with Gasteiger partial charge >= 0.3 is 7.48 Å². The summed E-state index contributed by atoms with van der Waals surface area (Å²) in [5.41, 5.74) is 0.874. The summed E-state index contributed by atoms with van der Waals surface area (Å²) in [6, 6.07) is 3.58. The predicted molar refractivity (Wildman–Crippen MR) is 42.8 cm³/mol. The van der Waals surface area contributed by atoms with Crippen LogP contribution >= 0.6 is 0 Å². The smallest absolute Gasteiger partial charge is 0.304 e. The highest BCUT2D eigenvalue weighted by atomic mass is 16.2. The molecular formula is C6H9BN2O. The average molecular weight is 136 g/mol. The van der Waals surface area contributed by atoms with E-state index < -0.39 is 0 Å². The number of aromatic nitrogens is 1. The van der Waals surface area contributed by atoms with Gasteiger partial charge in [-0.25, -0.2) is 4.98 Å². The molecule has 52 valence electrons. The topological polar surface area (TPSA) is 45.1 Å². The van der Waals surface area contributed by atoms with E-state index in [9.17, 15) is 0 Å². The molecule has 3 nitrogen and oxygen atoms in total. The van der Waals surface area contributed by atoms with Crippen molar-refractivity contribution in [3.05, 3.63) is 18.3 Å². The van der Waals surface area contributed by atoms with Gasteiger partial charge < -0.3 is 10.3 Å². The number of pyridine rings is 1. The minimum absolute atomic E-state index is 0.0667. The molecule has 0 bridgehead atoms. The van der Waals surface area contributed by atoms with Gasteiger partial charge in [0.15, 0.2) is 0 Å². The van der Waals surface area contributed by atoms with Gasteiger partial charge in [-0.05, 0) is 17.6 Å². The molecule has 0 radical (unpaired) electrons. The predicted octanol–water partition coefficient (Wildman–Crippen LogP) is -0.908. The second-order valence-corrected chi connectivity index (χ2v) is 1.96. The Hall–Kier alpha value is -1.03. The summed E-state index contributed by atoms with van der Waals surface area (Å²) in [6.07, 6.45) is 1.66. The normalized spacial score (nSPS) is 9.00. The molecule has 4 heteroatoms. The Morgan fingerprint density at radius 3 is 3.10 bits per heavy atom. The minimum atomic E-state index is 0.0667. The van der Waals surface area contributed by atoms with E-state index in [1.165, 1.54) is 0 Å². The Morgan fingerprint density at radius 2 is 2.50 bits per heavy atom. The lowest BCUT2D eigenvalue weighted by atomic mass is 9.90. The molecule has 0 unspecified atom stereocenters. The zero-order valence-electron chi connectivity index (χ0n) is 5.83. The van der Waals surface area contributed by atoms with E-state index in [1.807, 2.05) is 0 Å². The zero-order valence-corrected chi connectivity index (χ0v) is 5.83. The minimum Gasteiger partial charge on any atom is -0.449 e. The fourth-order valence-electron chi connectivity index (χ4n) is 0.709. The van der Waals surface area contributed by atoms with Crippen molar-refractivity contribution >= 4 is 18.8 Å². The highest BCUT2D eigenvalue weighted by Crippen LogP contribution is 1.94. The lowest BCUT2D eigenvalue weighted by Gasteiger charge is -1.98. The molecule has 0 saturated heterocycles. The molecule has 10 heavy (non-hydrogen) atoms. The van der Waals surface area contributed by atoms with Gasteiger partial charge in [0.25, 0.3) is 0 Å². The van der Waals surface area contributed by atoms with Crippen LogP contribution in [-0.4, -0.2) is 24.5 Å². The lowest BCUT2D eigenvalue weighted by Crippen LogP contribution is -2.13. The maximum atomic E-state index is 8.70. The maximum Gasteiger partial charge on any atom is 0.304 e. The van der Waals surface area contributed by atoms with E-state index in [-0.39, 0.29) is 7.48 Å². The number of rotatable bonds is 2. The molecule has 0 aliphatic rings. The monoisotopic (exact) mass is 136 g/mol. The van der Waals surface area contributed by atoms with Crippen molar-refractivity contribution in [3.8, 4) is 0 Å². The molecule has 1 aromatic heterocycles. The molecule has 0 aromatic carbocycles. The average Bonchev–Trinajstić information content (AvgIpc) is 2.05. The second kappa shape index (κ2) is 3.22. The van der Waals surface area contributed by atoms with Gasteiger partial charge in [0.1, 0.15) is 5.82 Å². The third kappa shape index (κ3) is 1.48. The summed E-state index contributed by atoms with van der Waals surface area (Å²) in [5, 5.41) is 11.6. The van der Waals surface area contributed by atoms with Gasteiger partial charge in [-0.3, -0.25) is 0 Å². The van der Waals surface area contributed by atoms with Crippen molar-refractivity contribution < 1.29 is 5.02 Å². The van der Waals surface area contributed by atoms with Crippen molar-refractivity contribution in [2.45, 2.75) is 0 Å². The van der Waals surface area contributed by atoms with Crippen molar-refractivity contribution in [2.75, 3.05) is 12.4 Å². The fraction of sp³-hybridized carbons (Fsp3) is 0.167. The molecule has 0 saturated carbocycles. The van der Waals surface area contributed by atoms with Gasteiger partial charge in [-0.2, -0.15) is 0 Å². The number of nitrogens with one attached hydrogen (secondary N) is 1. The van der Waals surface area contributed by atoms with Crippen molar-refractivity contribution in [1.82, 2.24) is 4.98 Å². The van der Waals surface area contributed by atoms with Crippen LogP contribution in [0.1, 0.15) is 0 Å². The van der Waals surface area contributed by atoms with Crippen LogP contribution in [0.5, 0.6) is 0 Å². The van der Waals surface area contributed by atoms with E-state index in [2.05, 4.69) is 10.3 Å². The maximum absolute atomic E-state index is 8.70. The molecule has 1 aromatic rings. The summed E-state index contributed by atoms with van der Waals surface area (Å²) in [5.74, 6) is 0.784. The Kier molecular flexibility index (Phi) is 2.28. The van der Waals surface area contributed by atoms with E-state index in [0.717, 1.165) is 11.3 Å². The van der Waals surface area contributed by atoms with Crippen LogP contribution in [0.4, 0.5) is 5.82 Å². The van der Waals surface area contributed by atoms with Crippen molar-refractivity contribution in [1.29, 1.82) is 0 Å². The van der Waals surface area contributed by atoms with Crippen LogP contribution in [0.2, 0.25) is 0 Å². The summed E-state index contributed by atoms with van der Waals surface area (Å²) >= 11 is 0. The van der Waals surface area contributed by atoms with Gasteiger partial charge in [0, 0.05) is 13.2 Å². The Bertz CT molecular complexity index is 197. The van der Waals surface area contributed by atoms with Gasteiger partial charge in [0.2, 0.25) is 0 Å². The van der Waals surface area contributed by atoms with E-state index in [0.29, 0.717) is 0 Å². The van der Waals surface area contributed by atoms with Gasteiger partial charge in [-0.1, -0.05) is 0 Å². The highest BCUT2D eigenvalue weighted by Gasteiger charge is 1.93. The standard InChI is InChI=1S/C6H9BN2O/c1-8-6-4-5(7-10)2-3-9-6/h2-4,7,10H,1H3,(H,8,9). The molecule has 0 aliphatic heterocycles. The molecule has 1 heterocycles. The Morgan fingerprint density at radius 1 is 1.70 bits per heavy atom. The van der Waals surface area contributed by atoms with Crippen LogP contribution < -0.4 is 10.8 Å². The summed E-state index contributed by atoms with van der Waals surface area (Å²) in [6.45, 7) is 0. The van der Waals surface area contributed by atoms with E-state index in [1.54, 1.807) is 25.4 Å². The van der Waals surface area contributed by atoms with Crippen LogP contribution in [0.3, 0.4) is 0 Å². The molecule has 0 aliphatic carbocycles.